The maximum atomic E-state index is 11.6. The monoisotopic (exact) mass is 251 g/mol. The number of likely N-dealkylation sites (tertiary alicyclic amines) is 1. The molecule has 2 saturated carbocycles. The Bertz CT molecular complexity index is 343. The molecule has 1 saturated heterocycles. The summed E-state index contributed by atoms with van der Waals surface area (Å²) < 4.78 is 0. The van der Waals surface area contributed by atoms with Crippen molar-refractivity contribution in [3.8, 4) is 0 Å². The normalized spacial score (nSPS) is 44.4. The Kier molecular flexibility index (Phi) is 3.13. The molecule has 3 nitrogen and oxygen atoms in total. The number of fused-ring (bicyclic) bond motifs is 2. The molecule has 3 fully saturated rings. The standard InChI is InChI=1S/C15H25NO2/c1-15(14(17)18)6-2-3-7-16(15)10-13-9-11-4-5-12(13)8-11/h11-13H,2-10H2,1H3,(H,17,18). The second-order valence-electron chi connectivity index (χ2n) is 6.92. The van der Waals surface area contributed by atoms with Crippen molar-refractivity contribution in [2.24, 2.45) is 17.8 Å². The molecule has 4 atom stereocenters. The van der Waals surface area contributed by atoms with Crippen molar-refractivity contribution < 1.29 is 9.90 Å². The van der Waals surface area contributed by atoms with Gasteiger partial charge in [0.1, 0.15) is 5.54 Å². The summed E-state index contributed by atoms with van der Waals surface area (Å²) in [6.07, 6.45) is 8.66. The van der Waals surface area contributed by atoms with Gasteiger partial charge in [0.15, 0.2) is 0 Å². The van der Waals surface area contributed by atoms with E-state index in [0.29, 0.717) is 0 Å². The van der Waals surface area contributed by atoms with Crippen molar-refractivity contribution in [2.75, 3.05) is 13.1 Å². The van der Waals surface area contributed by atoms with Gasteiger partial charge in [0.25, 0.3) is 0 Å². The zero-order valence-corrected chi connectivity index (χ0v) is 11.4. The molecule has 0 radical (unpaired) electrons. The van der Waals surface area contributed by atoms with E-state index in [-0.39, 0.29) is 0 Å². The lowest BCUT2D eigenvalue weighted by Gasteiger charge is -2.43. The minimum Gasteiger partial charge on any atom is -0.480 e. The maximum Gasteiger partial charge on any atom is 0.323 e. The Balaban J connectivity index is 1.68. The largest absolute Gasteiger partial charge is 0.480 e. The van der Waals surface area contributed by atoms with Gasteiger partial charge < -0.3 is 5.11 Å². The summed E-state index contributed by atoms with van der Waals surface area (Å²) in [5.41, 5.74) is -0.597. The Morgan fingerprint density at radius 2 is 2.17 bits per heavy atom. The van der Waals surface area contributed by atoms with Crippen molar-refractivity contribution in [1.29, 1.82) is 0 Å². The summed E-state index contributed by atoms with van der Waals surface area (Å²) in [6.45, 7) is 3.95. The number of piperidine rings is 1. The molecule has 1 aliphatic heterocycles. The first kappa shape index (κ1) is 12.5. The topological polar surface area (TPSA) is 40.5 Å². The van der Waals surface area contributed by atoms with Gasteiger partial charge in [-0.15, -0.1) is 0 Å². The van der Waals surface area contributed by atoms with Gasteiger partial charge in [0.05, 0.1) is 0 Å². The first-order valence-corrected chi connectivity index (χ1v) is 7.58. The molecule has 102 valence electrons. The Hall–Kier alpha value is -0.570. The Labute approximate surface area is 110 Å². The van der Waals surface area contributed by atoms with Crippen LogP contribution in [0.3, 0.4) is 0 Å². The van der Waals surface area contributed by atoms with E-state index in [9.17, 15) is 9.90 Å². The lowest BCUT2D eigenvalue weighted by Crippen LogP contribution is -2.56. The van der Waals surface area contributed by atoms with Crippen LogP contribution in [0.15, 0.2) is 0 Å². The molecule has 0 aromatic rings. The van der Waals surface area contributed by atoms with Gasteiger partial charge in [-0.1, -0.05) is 6.42 Å². The predicted octanol–water partition coefficient (Wildman–Crippen LogP) is 2.75. The third-order valence-corrected chi connectivity index (χ3v) is 5.84. The molecule has 3 heteroatoms. The van der Waals surface area contributed by atoms with Gasteiger partial charge >= 0.3 is 5.97 Å². The summed E-state index contributed by atoms with van der Waals surface area (Å²) in [7, 11) is 0. The smallest absolute Gasteiger partial charge is 0.323 e. The van der Waals surface area contributed by atoms with Crippen molar-refractivity contribution in [1.82, 2.24) is 4.90 Å². The highest BCUT2D eigenvalue weighted by molar-refractivity contribution is 5.78. The zero-order valence-electron chi connectivity index (χ0n) is 11.4. The van der Waals surface area contributed by atoms with Crippen LogP contribution in [0.25, 0.3) is 0 Å². The number of carbonyl (C=O) groups is 1. The fraction of sp³-hybridized carbons (Fsp3) is 0.933. The van der Waals surface area contributed by atoms with Gasteiger partial charge in [-0.2, -0.15) is 0 Å². The number of hydrogen-bond donors (Lipinski definition) is 1. The summed E-state index contributed by atoms with van der Waals surface area (Å²) in [5.74, 6) is 2.02. The van der Waals surface area contributed by atoms with Crippen LogP contribution in [0.2, 0.25) is 0 Å². The van der Waals surface area contributed by atoms with E-state index in [1.54, 1.807) is 0 Å². The fourth-order valence-electron chi connectivity index (χ4n) is 4.59. The number of aliphatic carboxylic acids is 1. The van der Waals surface area contributed by atoms with Gasteiger partial charge in [-0.3, -0.25) is 9.69 Å². The Morgan fingerprint density at radius 1 is 1.33 bits per heavy atom. The minimum atomic E-state index is -0.620. The molecule has 0 amide bonds. The molecular formula is C15H25NO2. The van der Waals surface area contributed by atoms with E-state index < -0.39 is 11.5 Å². The highest BCUT2D eigenvalue weighted by Gasteiger charge is 2.45. The number of carboxylic acids is 1. The molecule has 1 heterocycles. The third-order valence-electron chi connectivity index (χ3n) is 5.84. The highest BCUT2D eigenvalue weighted by Crippen LogP contribution is 2.49. The van der Waals surface area contributed by atoms with Crippen molar-refractivity contribution in [2.45, 2.75) is 57.4 Å². The van der Waals surface area contributed by atoms with Crippen LogP contribution >= 0.6 is 0 Å². The second-order valence-corrected chi connectivity index (χ2v) is 6.92. The summed E-state index contributed by atoms with van der Waals surface area (Å²) in [6, 6.07) is 0. The summed E-state index contributed by atoms with van der Waals surface area (Å²) in [5, 5.41) is 9.53. The highest BCUT2D eigenvalue weighted by atomic mass is 16.4. The predicted molar refractivity (Wildman–Crippen MR) is 70.4 cm³/mol. The van der Waals surface area contributed by atoms with E-state index in [1.165, 1.54) is 32.1 Å². The third kappa shape index (κ3) is 1.97. The average molecular weight is 251 g/mol. The van der Waals surface area contributed by atoms with Crippen LogP contribution in [-0.4, -0.2) is 34.6 Å². The second kappa shape index (κ2) is 4.52. The Morgan fingerprint density at radius 3 is 2.78 bits per heavy atom. The van der Waals surface area contributed by atoms with E-state index in [0.717, 1.165) is 43.7 Å². The van der Waals surface area contributed by atoms with Crippen LogP contribution in [0, 0.1) is 17.8 Å². The quantitative estimate of drug-likeness (QED) is 0.838. The average Bonchev–Trinajstić information content (AvgIpc) is 2.94. The van der Waals surface area contributed by atoms with Crippen molar-refractivity contribution in [3.05, 3.63) is 0 Å². The van der Waals surface area contributed by atoms with Crippen LogP contribution in [0.4, 0.5) is 0 Å². The molecular weight excluding hydrogens is 226 g/mol. The molecule has 0 aromatic heterocycles. The van der Waals surface area contributed by atoms with Crippen LogP contribution in [0.5, 0.6) is 0 Å². The molecule has 0 aromatic carbocycles. The van der Waals surface area contributed by atoms with E-state index in [2.05, 4.69) is 4.90 Å². The van der Waals surface area contributed by atoms with Crippen LogP contribution in [0.1, 0.15) is 51.9 Å². The lowest BCUT2D eigenvalue weighted by atomic mass is 9.84. The molecule has 2 bridgehead atoms. The number of rotatable bonds is 3. The summed E-state index contributed by atoms with van der Waals surface area (Å²) >= 11 is 0. The molecule has 2 aliphatic carbocycles. The van der Waals surface area contributed by atoms with Crippen molar-refractivity contribution >= 4 is 5.97 Å². The van der Waals surface area contributed by atoms with E-state index >= 15 is 0 Å². The van der Waals surface area contributed by atoms with Gasteiger partial charge in [0.2, 0.25) is 0 Å². The van der Waals surface area contributed by atoms with Gasteiger partial charge in [-0.05, 0) is 69.7 Å². The van der Waals surface area contributed by atoms with Crippen LogP contribution in [-0.2, 0) is 4.79 Å². The SMILES string of the molecule is CC1(C(=O)O)CCCCN1CC1CC2CCC1C2. The van der Waals surface area contributed by atoms with Gasteiger partial charge in [-0.25, -0.2) is 0 Å². The minimum absolute atomic E-state index is 0.597. The number of nitrogens with zero attached hydrogens (tertiary/aromatic N) is 1. The molecule has 4 unspecified atom stereocenters. The fourth-order valence-corrected chi connectivity index (χ4v) is 4.59. The van der Waals surface area contributed by atoms with E-state index in [4.69, 9.17) is 0 Å². The molecule has 3 aliphatic rings. The first-order chi connectivity index (χ1) is 8.59. The van der Waals surface area contributed by atoms with Crippen molar-refractivity contribution in [3.63, 3.8) is 0 Å². The zero-order chi connectivity index (χ0) is 12.8. The first-order valence-electron chi connectivity index (χ1n) is 7.58. The van der Waals surface area contributed by atoms with Crippen LogP contribution < -0.4 is 0 Å². The van der Waals surface area contributed by atoms with Gasteiger partial charge in [0, 0.05) is 6.54 Å². The molecule has 1 N–H and O–H groups in total. The molecule has 0 spiro atoms. The maximum absolute atomic E-state index is 11.6. The number of carboxylic acid groups (broad SMARTS) is 1. The molecule has 3 rings (SSSR count). The number of hydrogen-bond acceptors (Lipinski definition) is 2. The summed E-state index contributed by atoms with van der Waals surface area (Å²) in [4.78, 5) is 13.9. The van der Waals surface area contributed by atoms with E-state index in [1.807, 2.05) is 6.92 Å². The lowest BCUT2D eigenvalue weighted by molar-refractivity contribution is -0.153. The molecule has 18 heavy (non-hydrogen) atoms.